The van der Waals surface area contributed by atoms with Crippen molar-refractivity contribution in [3.05, 3.63) is 33.9 Å². The minimum absolute atomic E-state index is 0.169. The Balaban J connectivity index is 1.48. The highest BCUT2D eigenvalue weighted by Crippen LogP contribution is 2.38. The zero-order valence-corrected chi connectivity index (χ0v) is 17.8. The van der Waals surface area contributed by atoms with Crippen molar-refractivity contribution >= 4 is 56.5 Å². The van der Waals surface area contributed by atoms with E-state index < -0.39 is 0 Å². The smallest absolute Gasteiger partial charge is 0.234 e. The minimum atomic E-state index is -0.169. The summed E-state index contributed by atoms with van der Waals surface area (Å²) in [5, 5.41) is 5.10. The number of aryl methyl sites for hydroxylation is 2. The molecule has 0 saturated heterocycles. The number of nitrogens with one attached hydrogen (secondary N) is 1. The number of rotatable bonds is 4. The summed E-state index contributed by atoms with van der Waals surface area (Å²) >= 11 is 9.33. The van der Waals surface area contributed by atoms with E-state index >= 15 is 0 Å². The number of halogens is 1. The Hall–Kier alpha value is -2.03. The molecule has 9 heteroatoms. The van der Waals surface area contributed by atoms with E-state index in [9.17, 15) is 4.79 Å². The van der Waals surface area contributed by atoms with Crippen LogP contribution in [0.2, 0.25) is 5.02 Å². The minimum Gasteiger partial charge on any atom is -0.490 e. The van der Waals surface area contributed by atoms with E-state index in [1.807, 2.05) is 0 Å². The fourth-order valence-corrected chi connectivity index (χ4v) is 4.98. The van der Waals surface area contributed by atoms with Crippen molar-refractivity contribution in [2.75, 3.05) is 24.3 Å². The molecule has 1 amide bonds. The highest BCUT2D eigenvalue weighted by molar-refractivity contribution is 8.00. The van der Waals surface area contributed by atoms with Gasteiger partial charge in [0.05, 0.1) is 29.7 Å². The molecule has 0 bridgehead atoms. The summed E-state index contributed by atoms with van der Waals surface area (Å²) in [4.78, 5) is 23.3. The van der Waals surface area contributed by atoms with Gasteiger partial charge in [-0.2, -0.15) is 0 Å². The van der Waals surface area contributed by atoms with Gasteiger partial charge in [-0.05, 0) is 19.4 Å². The maximum absolute atomic E-state index is 12.5. The standard InChI is InChI=1S/C19H18ClN3O3S2/c1-10-11(2)28-19-17(10)18(21-9-22-19)27-8-16(24)23-13-7-15-14(6-12(13)20)25-4-3-5-26-15/h6-7,9H,3-5,8H2,1-2H3,(H,23,24). The fraction of sp³-hybridized carbons (Fsp3) is 0.316. The van der Waals surface area contributed by atoms with Gasteiger partial charge in [-0.25, -0.2) is 9.97 Å². The summed E-state index contributed by atoms with van der Waals surface area (Å²) in [5.41, 5.74) is 1.67. The molecule has 0 atom stereocenters. The number of hydrogen-bond donors (Lipinski definition) is 1. The third-order valence-corrected chi connectivity index (χ3v) is 6.80. The molecule has 1 aliphatic heterocycles. The number of benzene rings is 1. The number of amides is 1. The van der Waals surface area contributed by atoms with Crippen molar-refractivity contribution < 1.29 is 14.3 Å². The molecule has 0 saturated carbocycles. The molecule has 0 radical (unpaired) electrons. The molecule has 1 N–H and O–H groups in total. The second-order valence-corrected chi connectivity index (χ2v) is 8.88. The van der Waals surface area contributed by atoms with Crippen LogP contribution in [0.5, 0.6) is 11.5 Å². The van der Waals surface area contributed by atoms with Gasteiger partial charge in [0.25, 0.3) is 0 Å². The molecule has 28 heavy (non-hydrogen) atoms. The van der Waals surface area contributed by atoms with E-state index in [1.54, 1.807) is 29.8 Å². The predicted octanol–water partition coefficient (Wildman–Crippen LogP) is 4.85. The highest BCUT2D eigenvalue weighted by atomic mass is 35.5. The van der Waals surface area contributed by atoms with Crippen molar-refractivity contribution in [3.63, 3.8) is 0 Å². The van der Waals surface area contributed by atoms with Crippen LogP contribution in [0.3, 0.4) is 0 Å². The Morgan fingerprint density at radius 2 is 2.00 bits per heavy atom. The number of ether oxygens (including phenoxy) is 2. The van der Waals surface area contributed by atoms with E-state index in [2.05, 4.69) is 29.1 Å². The number of anilines is 1. The van der Waals surface area contributed by atoms with Gasteiger partial charge in [-0.15, -0.1) is 11.3 Å². The summed E-state index contributed by atoms with van der Waals surface area (Å²) in [6.45, 7) is 5.27. The molecule has 3 aromatic rings. The van der Waals surface area contributed by atoms with E-state index in [0.29, 0.717) is 35.4 Å². The lowest BCUT2D eigenvalue weighted by molar-refractivity contribution is -0.113. The summed E-state index contributed by atoms with van der Waals surface area (Å²) < 4.78 is 11.3. The summed E-state index contributed by atoms with van der Waals surface area (Å²) in [5.74, 6) is 1.23. The first-order valence-corrected chi connectivity index (χ1v) is 10.9. The Labute approximate surface area is 175 Å². The molecule has 0 unspecified atom stereocenters. The van der Waals surface area contributed by atoms with Crippen molar-refractivity contribution in [2.45, 2.75) is 25.3 Å². The van der Waals surface area contributed by atoms with Crippen LogP contribution in [0.4, 0.5) is 5.69 Å². The zero-order chi connectivity index (χ0) is 19.7. The lowest BCUT2D eigenvalue weighted by atomic mass is 10.2. The average molecular weight is 436 g/mol. The van der Waals surface area contributed by atoms with Gasteiger partial charge >= 0.3 is 0 Å². The maximum atomic E-state index is 12.5. The Bertz CT molecular complexity index is 1050. The van der Waals surface area contributed by atoms with Crippen LogP contribution in [0.1, 0.15) is 16.9 Å². The van der Waals surface area contributed by atoms with Crippen LogP contribution < -0.4 is 14.8 Å². The predicted molar refractivity (Wildman–Crippen MR) is 113 cm³/mol. The van der Waals surface area contributed by atoms with E-state index in [1.165, 1.54) is 16.6 Å². The Morgan fingerprint density at radius 1 is 1.25 bits per heavy atom. The van der Waals surface area contributed by atoms with Gasteiger partial charge in [0, 0.05) is 28.8 Å². The first-order valence-electron chi connectivity index (χ1n) is 8.75. The van der Waals surface area contributed by atoms with Gasteiger partial charge in [0.15, 0.2) is 11.5 Å². The topological polar surface area (TPSA) is 73.3 Å². The van der Waals surface area contributed by atoms with E-state index in [-0.39, 0.29) is 11.7 Å². The van der Waals surface area contributed by atoms with Gasteiger partial charge in [0.1, 0.15) is 16.2 Å². The monoisotopic (exact) mass is 435 g/mol. The Kier molecular flexibility index (Phi) is 5.61. The number of hydrogen-bond acceptors (Lipinski definition) is 7. The SMILES string of the molecule is Cc1sc2ncnc(SCC(=O)Nc3cc4c(cc3Cl)OCCCO4)c2c1C. The van der Waals surface area contributed by atoms with Gasteiger partial charge in [-0.1, -0.05) is 23.4 Å². The quantitative estimate of drug-likeness (QED) is 0.466. The molecule has 6 nitrogen and oxygen atoms in total. The summed E-state index contributed by atoms with van der Waals surface area (Å²) in [6.07, 6.45) is 2.35. The number of thioether (sulfide) groups is 1. The number of nitrogens with zero attached hydrogens (tertiary/aromatic N) is 2. The van der Waals surface area contributed by atoms with Crippen molar-refractivity contribution in [3.8, 4) is 11.5 Å². The summed E-state index contributed by atoms with van der Waals surface area (Å²) in [6, 6.07) is 3.39. The van der Waals surface area contributed by atoms with Crippen LogP contribution >= 0.6 is 34.7 Å². The second kappa shape index (κ2) is 8.14. The normalized spacial score (nSPS) is 13.4. The van der Waals surface area contributed by atoms with Crippen molar-refractivity contribution in [2.24, 2.45) is 0 Å². The maximum Gasteiger partial charge on any atom is 0.234 e. The molecule has 0 aliphatic carbocycles. The number of thiophene rings is 1. The third kappa shape index (κ3) is 3.90. The van der Waals surface area contributed by atoms with E-state index in [4.69, 9.17) is 21.1 Å². The van der Waals surface area contributed by atoms with Crippen molar-refractivity contribution in [1.29, 1.82) is 0 Å². The Morgan fingerprint density at radius 3 is 2.79 bits per heavy atom. The van der Waals surface area contributed by atoms with Gasteiger partial charge in [0.2, 0.25) is 5.91 Å². The molecule has 0 fully saturated rings. The fourth-order valence-electron chi connectivity index (χ4n) is 2.86. The lowest BCUT2D eigenvalue weighted by Crippen LogP contribution is -2.14. The molecule has 2 aromatic heterocycles. The molecule has 1 aliphatic rings. The molecule has 1 aromatic carbocycles. The number of fused-ring (bicyclic) bond motifs is 2. The molecular weight excluding hydrogens is 418 g/mol. The van der Waals surface area contributed by atoms with Gasteiger partial charge in [-0.3, -0.25) is 4.79 Å². The van der Waals surface area contributed by atoms with E-state index in [0.717, 1.165) is 27.2 Å². The number of carbonyl (C=O) groups excluding carboxylic acids is 1. The third-order valence-electron chi connectivity index (χ3n) is 4.38. The molecule has 0 spiro atoms. The zero-order valence-electron chi connectivity index (χ0n) is 15.4. The molecular formula is C19H18ClN3O3S2. The van der Waals surface area contributed by atoms with Crippen LogP contribution in [0.15, 0.2) is 23.5 Å². The van der Waals surface area contributed by atoms with Gasteiger partial charge < -0.3 is 14.8 Å². The average Bonchev–Trinajstić information content (AvgIpc) is 2.83. The first kappa shape index (κ1) is 19.3. The van der Waals surface area contributed by atoms with Crippen LogP contribution in [0.25, 0.3) is 10.2 Å². The highest BCUT2D eigenvalue weighted by Gasteiger charge is 2.17. The second-order valence-electron chi connectivity index (χ2n) is 6.31. The summed E-state index contributed by atoms with van der Waals surface area (Å²) in [7, 11) is 0. The first-order chi connectivity index (χ1) is 13.5. The van der Waals surface area contributed by atoms with Crippen LogP contribution in [0, 0.1) is 13.8 Å². The lowest BCUT2D eigenvalue weighted by Gasteiger charge is -2.12. The van der Waals surface area contributed by atoms with Crippen LogP contribution in [-0.4, -0.2) is 34.8 Å². The largest absolute Gasteiger partial charge is 0.490 e. The van der Waals surface area contributed by atoms with Crippen LogP contribution in [-0.2, 0) is 4.79 Å². The molecule has 3 heterocycles. The molecule has 146 valence electrons. The number of carbonyl (C=O) groups is 1. The number of aromatic nitrogens is 2. The van der Waals surface area contributed by atoms with Crippen molar-refractivity contribution in [1.82, 2.24) is 9.97 Å². The molecule has 4 rings (SSSR count).